The van der Waals surface area contributed by atoms with Crippen LogP contribution in [0.15, 0.2) is 48.0 Å². The van der Waals surface area contributed by atoms with Crippen molar-refractivity contribution in [3.63, 3.8) is 0 Å². The van der Waals surface area contributed by atoms with Crippen molar-refractivity contribution < 1.29 is 24.0 Å². The molecule has 1 amide bonds. The molecule has 0 aliphatic heterocycles. The molecule has 2 aromatic carbocycles. The molecule has 28 heavy (non-hydrogen) atoms. The highest BCUT2D eigenvalue weighted by atomic mass is 16.6. The second-order valence-electron chi connectivity index (χ2n) is 5.38. The number of ether oxygens (including phenoxy) is 2. The molecule has 0 fully saturated rings. The van der Waals surface area contributed by atoms with Gasteiger partial charge in [-0.3, -0.25) is 14.9 Å². The summed E-state index contributed by atoms with van der Waals surface area (Å²) in [6, 6.07) is 11.7. The molecule has 142 valence electrons. The quantitative estimate of drug-likeness (QED) is 0.267. The Bertz CT molecular complexity index is 990. The number of hydrogen-bond donors (Lipinski definition) is 1. The Kier molecular flexibility index (Phi) is 6.44. The van der Waals surface area contributed by atoms with E-state index in [9.17, 15) is 25.0 Å². The van der Waals surface area contributed by atoms with Crippen LogP contribution in [0.2, 0.25) is 0 Å². The highest BCUT2D eigenvalue weighted by Crippen LogP contribution is 2.29. The Balaban J connectivity index is 2.27. The van der Waals surface area contributed by atoms with Gasteiger partial charge in [0.2, 0.25) is 0 Å². The number of amides is 1. The normalized spacial score (nSPS) is 10.5. The summed E-state index contributed by atoms with van der Waals surface area (Å²) in [4.78, 5) is 34.3. The summed E-state index contributed by atoms with van der Waals surface area (Å²) in [5, 5.41) is 22.8. The van der Waals surface area contributed by atoms with Crippen LogP contribution in [0.3, 0.4) is 0 Å². The third kappa shape index (κ3) is 4.70. The lowest BCUT2D eigenvalue weighted by Crippen LogP contribution is -2.14. The van der Waals surface area contributed by atoms with Crippen molar-refractivity contribution in [1.29, 1.82) is 5.26 Å². The minimum absolute atomic E-state index is 0.0713. The largest absolute Gasteiger partial charge is 0.496 e. The van der Waals surface area contributed by atoms with Crippen molar-refractivity contribution in [3.05, 3.63) is 69.3 Å². The first kappa shape index (κ1) is 20.1. The number of hydrogen-bond acceptors (Lipinski definition) is 7. The zero-order valence-electron chi connectivity index (χ0n) is 15.0. The summed E-state index contributed by atoms with van der Waals surface area (Å²) in [6.45, 7) is 0. The molecular weight excluding hydrogens is 366 g/mol. The molecule has 9 heteroatoms. The number of anilines is 1. The molecule has 1 N–H and O–H groups in total. The molecule has 0 atom stereocenters. The third-order valence-corrected chi connectivity index (χ3v) is 3.66. The van der Waals surface area contributed by atoms with E-state index in [2.05, 4.69) is 10.1 Å². The lowest BCUT2D eigenvalue weighted by atomic mass is 10.1. The highest BCUT2D eigenvalue weighted by molar-refractivity contribution is 6.10. The van der Waals surface area contributed by atoms with Crippen LogP contribution in [0.5, 0.6) is 5.75 Å². The lowest BCUT2D eigenvalue weighted by molar-refractivity contribution is -0.384. The lowest BCUT2D eigenvalue weighted by Gasteiger charge is -2.07. The molecule has 0 saturated heterocycles. The predicted octanol–water partition coefficient (Wildman–Crippen LogP) is 2.94. The number of nitro benzene ring substituents is 1. The van der Waals surface area contributed by atoms with E-state index in [0.717, 1.165) is 6.07 Å². The molecule has 0 saturated carbocycles. The van der Waals surface area contributed by atoms with Crippen LogP contribution in [-0.4, -0.2) is 31.0 Å². The third-order valence-electron chi connectivity index (χ3n) is 3.66. The molecule has 0 bridgehead atoms. The predicted molar refractivity (Wildman–Crippen MR) is 99.6 cm³/mol. The van der Waals surface area contributed by atoms with Crippen molar-refractivity contribution in [2.45, 2.75) is 0 Å². The Hall–Kier alpha value is -4.19. The standard InChI is InChI=1S/C19H15N3O6/c1-27-15-7-8-16(17(10-15)22(25)26)21-18(23)14(11-20)9-12-3-5-13(6-4-12)19(24)28-2/h3-10H,1-2H3,(H,21,23). The summed E-state index contributed by atoms with van der Waals surface area (Å²) in [5.41, 5.74) is 0.0985. The van der Waals surface area contributed by atoms with Gasteiger partial charge in [0, 0.05) is 0 Å². The maximum atomic E-state index is 12.4. The van der Waals surface area contributed by atoms with E-state index in [1.165, 1.54) is 56.7 Å². The molecular formula is C19H15N3O6. The topological polar surface area (TPSA) is 132 Å². The van der Waals surface area contributed by atoms with Crippen molar-refractivity contribution >= 4 is 29.3 Å². The maximum Gasteiger partial charge on any atom is 0.337 e. The zero-order chi connectivity index (χ0) is 20.7. The van der Waals surface area contributed by atoms with Gasteiger partial charge in [0.25, 0.3) is 11.6 Å². The number of methoxy groups -OCH3 is 2. The number of benzene rings is 2. The molecule has 0 heterocycles. The smallest absolute Gasteiger partial charge is 0.337 e. The van der Waals surface area contributed by atoms with Crippen LogP contribution in [0, 0.1) is 21.4 Å². The van der Waals surface area contributed by atoms with Gasteiger partial charge in [0.05, 0.1) is 30.8 Å². The van der Waals surface area contributed by atoms with Crippen LogP contribution in [0.4, 0.5) is 11.4 Å². The summed E-state index contributed by atoms with van der Waals surface area (Å²) in [6.07, 6.45) is 1.30. The first-order chi connectivity index (χ1) is 13.4. The van der Waals surface area contributed by atoms with Crippen molar-refractivity contribution in [3.8, 4) is 11.8 Å². The Morgan fingerprint density at radius 2 is 1.86 bits per heavy atom. The zero-order valence-corrected chi connectivity index (χ0v) is 15.0. The van der Waals surface area contributed by atoms with Crippen molar-refractivity contribution in [2.75, 3.05) is 19.5 Å². The van der Waals surface area contributed by atoms with Gasteiger partial charge in [-0.1, -0.05) is 12.1 Å². The first-order valence-electron chi connectivity index (χ1n) is 7.83. The fourth-order valence-electron chi connectivity index (χ4n) is 2.23. The van der Waals surface area contributed by atoms with E-state index in [1.807, 2.05) is 0 Å². The number of carbonyl (C=O) groups is 2. The monoisotopic (exact) mass is 381 g/mol. The van der Waals surface area contributed by atoms with Gasteiger partial charge >= 0.3 is 5.97 Å². The molecule has 0 aromatic heterocycles. The summed E-state index contributed by atoms with van der Waals surface area (Å²) < 4.78 is 9.53. The Labute approximate surface area is 159 Å². The molecule has 2 rings (SSSR count). The molecule has 9 nitrogen and oxygen atoms in total. The number of esters is 1. The SMILES string of the molecule is COC(=O)c1ccc(C=C(C#N)C(=O)Nc2ccc(OC)cc2[N+](=O)[O-])cc1. The summed E-state index contributed by atoms with van der Waals surface area (Å²) >= 11 is 0. The van der Waals surface area contributed by atoms with E-state index in [0.29, 0.717) is 11.1 Å². The van der Waals surface area contributed by atoms with E-state index in [4.69, 9.17) is 4.74 Å². The number of nitrogens with one attached hydrogen (secondary N) is 1. The molecule has 0 spiro atoms. The van der Waals surface area contributed by atoms with Gasteiger partial charge in [-0.15, -0.1) is 0 Å². The fraction of sp³-hybridized carbons (Fsp3) is 0.105. The Morgan fingerprint density at radius 1 is 1.18 bits per heavy atom. The van der Waals surface area contributed by atoms with Gasteiger partial charge < -0.3 is 14.8 Å². The highest BCUT2D eigenvalue weighted by Gasteiger charge is 2.19. The second-order valence-corrected chi connectivity index (χ2v) is 5.38. The number of nitrogens with zero attached hydrogens (tertiary/aromatic N) is 2. The van der Waals surface area contributed by atoms with Gasteiger partial charge in [0.15, 0.2) is 0 Å². The molecule has 0 aliphatic carbocycles. The first-order valence-corrected chi connectivity index (χ1v) is 7.83. The number of nitro groups is 1. The van der Waals surface area contributed by atoms with E-state index < -0.39 is 16.8 Å². The van der Waals surface area contributed by atoms with Crippen LogP contribution in [-0.2, 0) is 9.53 Å². The van der Waals surface area contributed by atoms with Crippen molar-refractivity contribution in [1.82, 2.24) is 0 Å². The van der Waals surface area contributed by atoms with Crippen LogP contribution in [0.1, 0.15) is 15.9 Å². The van der Waals surface area contributed by atoms with Gasteiger partial charge in [-0.2, -0.15) is 5.26 Å². The van der Waals surface area contributed by atoms with E-state index in [1.54, 1.807) is 6.07 Å². The van der Waals surface area contributed by atoms with Crippen LogP contribution >= 0.6 is 0 Å². The number of rotatable bonds is 6. The molecule has 0 radical (unpaired) electrons. The molecule has 2 aromatic rings. The number of nitriles is 1. The number of carbonyl (C=O) groups excluding carboxylic acids is 2. The summed E-state index contributed by atoms with van der Waals surface area (Å²) in [7, 11) is 2.62. The second kappa shape index (κ2) is 8.95. The minimum Gasteiger partial charge on any atom is -0.496 e. The van der Waals surface area contributed by atoms with Gasteiger partial charge in [-0.05, 0) is 35.9 Å². The van der Waals surface area contributed by atoms with E-state index in [-0.39, 0.29) is 22.7 Å². The maximum absolute atomic E-state index is 12.4. The van der Waals surface area contributed by atoms with Crippen LogP contribution < -0.4 is 10.1 Å². The van der Waals surface area contributed by atoms with Crippen molar-refractivity contribution in [2.24, 2.45) is 0 Å². The Morgan fingerprint density at radius 3 is 2.39 bits per heavy atom. The average molecular weight is 381 g/mol. The molecule has 0 aliphatic rings. The van der Waals surface area contributed by atoms with Gasteiger partial charge in [0.1, 0.15) is 23.1 Å². The van der Waals surface area contributed by atoms with Crippen LogP contribution in [0.25, 0.3) is 6.08 Å². The average Bonchev–Trinajstić information content (AvgIpc) is 2.71. The fourth-order valence-corrected chi connectivity index (χ4v) is 2.23. The summed E-state index contributed by atoms with van der Waals surface area (Å²) in [5.74, 6) is -1.07. The molecule has 0 unspecified atom stereocenters. The van der Waals surface area contributed by atoms with E-state index >= 15 is 0 Å². The van der Waals surface area contributed by atoms with Gasteiger partial charge in [-0.25, -0.2) is 4.79 Å². The minimum atomic E-state index is -0.812.